The van der Waals surface area contributed by atoms with Crippen LogP contribution in [0.3, 0.4) is 0 Å². The van der Waals surface area contributed by atoms with Crippen molar-refractivity contribution in [2.45, 2.75) is 43.8 Å². The van der Waals surface area contributed by atoms with Crippen LogP contribution in [0.25, 0.3) is 10.8 Å². The van der Waals surface area contributed by atoms with Gasteiger partial charge in [0, 0.05) is 10.8 Å². The maximum atomic E-state index is 10.8. The number of fused-ring (bicyclic) bond motifs is 3. The largest absolute Gasteiger partial charge is 0.393 e. The minimum atomic E-state index is -0.476. The zero-order valence-corrected chi connectivity index (χ0v) is 12.1. The summed E-state index contributed by atoms with van der Waals surface area (Å²) in [5.41, 5.74) is 2.34. The van der Waals surface area contributed by atoms with Gasteiger partial charge in [-0.3, -0.25) is 0 Å². The third-order valence-corrected chi connectivity index (χ3v) is 6.70. The van der Waals surface area contributed by atoms with E-state index in [-0.39, 0.29) is 16.9 Å². The predicted octanol–water partition coefficient (Wildman–Crippen LogP) is 3.11. The van der Waals surface area contributed by atoms with E-state index in [0.717, 1.165) is 22.8 Å². The Bertz CT molecular complexity index is 767. The van der Waals surface area contributed by atoms with Crippen LogP contribution < -0.4 is 0 Å². The van der Waals surface area contributed by atoms with Gasteiger partial charge in [-0.05, 0) is 59.2 Å². The molecule has 2 fully saturated rings. The van der Waals surface area contributed by atoms with Crippen LogP contribution in [0.5, 0.6) is 0 Å². The topological polar surface area (TPSA) is 40.5 Å². The molecule has 0 amide bonds. The van der Waals surface area contributed by atoms with Crippen LogP contribution >= 0.6 is 0 Å². The smallest absolute Gasteiger partial charge is 0.0805 e. The molecule has 0 aliphatic heterocycles. The van der Waals surface area contributed by atoms with Gasteiger partial charge in [0.2, 0.25) is 0 Å². The zero-order chi connectivity index (χ0) is 14.4. The molecule has 5 atom stereocenters. The lowest BCUT2D eigenvalue weighted by Crippen LogP contribution is -2.44. The highest BCUT2D eigenvalue weighted by Crippen LogP contribution is 2.77. The van der Waals surface area contributed by atoms with Gasteiger partial charge in [-0.25, -0.2) is 0 Å². The lowest BCUT2D eigenvalue weighted by molar-refractivity contribution is -0.0191. The fourth-order valence-electron chi connectivity index (χ4n) is 5.58. The molecule has 2 N–H and O–H groups in total. The zero-order valence-electron chi connectivity index (χ0n) is 12.1. The van der Waals surface area contributed by atoms with E-state index in [4.69, 9.17) is 0 Å². The first kappa shape index (κ1) is 12.2. The molecule has 1 spiro atoms. The minimum Gasteiger partial charge on any atom is -0.393 e. The van der Waals surface area contributed by atoms with E-state index >= 15 is 0 Å². The van der Waals surface area contributed by atoms with Gasteiger partial charge in [0.25, 0.3) is 0 Å². The molecule has 0 aromatic heterocycles. The molecule has 2 aromatic carbocycles. The van der Waals surface area contributed by atoms with E-state index in [9.17, 15) is 10.2 Å². The fraction of sp³-hybridized carbons (Fsp3) is 0.474. The van der Waals surface area contributed by atoms with Crippen molar-refractivity contribution in [1.82, 2.24) is 0 Å². The van der Waals surface area contributed by atoms with Gasteiger partial charge in [-0.15, -0.1) is 0 Å². The van der Waals surface area contributed by atoms with Crippen LogP contribution in [-0.4, -0.2) is 16.3 Å². The summed E-state index contributed by atoms with van der Waals surface area (Å²) in [6.07, 6.45) is 1.98. The maximum Gasteiger partial charge on any atom is 0.0805 e. The van der Waals surface area contributed by atoms with Crippen molar-refractivity contribution in [1.29, 1.82) is 0 Å². The SMILES string of the molecule is C[C@]12C[C@H](O)c3c(ccc4c[c]ccc34)[C@@]13C[C@H]3C[C@@H]2O. The molecule has 21 heavy (non-hydrogen) atoms. The van der Waals surface area contributed by atoms with Crippen molar-refractivity contribution in [2.75, 3.05) is 0 Å². The summed E-state index contributed by atoms with van der Waals surface area (Å²) in [6, 6.07) is 13.4. The third-order valence-electron chi connectivity index (χ3n) is 6.70. The van der Waals surface area contributed by atoms with Gasteiger partial charge in [-0.1, -0.05) is 31.2 Å². The van der Waals surface area contributed by atoms with Crippen molar-refractivity contribution in [3.63, 3.8) is 0 Å². The normalized spacial score (nSPS) is 43.3. The molecule has 0 bridgehead atoms. The second-order valence-corrected chi connectivity index (χ2v) is 7.44. The molecule has 0 heterocycles. The highest BCUT2D eigenvalue weighted by Gasteiger charge is 2.74. The molecule has 1 radical (unpaired) electrons. The molecule has 2 heteroatoms. The van der Waals surface area contributed by atoms with Crippen molar-refractivity contribution in [3.8, 4) is 0 Å². The van der Waals surface area contributed by atoms with Crippen LogP contribution in [0.15, 0.2) is 30.3 Å². The summed E-state index contributed by atoms with van der Waals surface area (Å²) in [5, 5.41) is 23.6. The number of hydrogen-bond donors (Lipinski definition) is 2. The van der Waals surface area contributed by atoms with Gasteiger partial charge in [0.1, 0.15) is 0 Å². The van der Waals surface area contributed by atoms with Crippen LogP contribution in [-0.2, 0) is 5.41 Å². The Kier molecular flexibility index (Phi) is 2.03. The summed E-state index contributed by atoms with van der Waals surface area (Å²) in [6.45, 7) is 2.18. The molecule has 2 nitrogen and oxygen atoms in total. The van der Waals surface area contributed by atoms with E-state index in [1.165, 1.54) is 12.0 Å². The highest BCUT2D eigenvalue weighted by atomic mass is 16.3. The Morgan fingerprint density at radius 1 is 1.19 bits per heavy atom. The Morgan fingerprint density at radius 3 is 2.90 bits per heavy atom. The van der Waals surface area contributed by atoms with E-state index in [1.54, 1.807) is 0 Å². The highest BCUT2D eigenvalue weighted by molar-refractivity contribution is 5.88. The molecule has 0 unspecified atom stereocenters. The van der Waals surface area contributed by atoms with E-state index in [2.05, 4.69) is 31.2 Å². The summed E-state index contributed by atoms with van der Waals surface area (Å²) in [7, 11) is 0. The van der Waals surface area contributed by atoms with Crippen molar-refractivity contribution >= 4 is 10.8 Å². The van der Waals surface area contributed by atoms with Gasteiger partial charge in [0.15, 0.2) is 0 Å². The molecule has 0 saturated heterocycles. The average molecular weight is 279 g/mol. The molecule has 2 aromatic rings. The molecule has 2 saturated carbocycles. The number of hydrogen-bond acceptors (Lipinski definition) is 2. The minimum absolute atomic E-state index is 0.106. The van der Waals surface area contributed by atoms with Crippen molar-refractivity contribution in [2.24, 2.45) is 11.3 Å². The maximum absolute atomic E-state index is 10.8. The Labute approximate surface area is 124 Å². The van der Waals surface area contributed by atoms with Crippen LogP contribution in [0, 0.1) is 17.4 Å². The monoisotopic (exact) mass is 279 g/mol. The van der Waals surface area contributed by atoms with Gasteiger partial charge in [-0.2, -0.15) is 0 Å². The van der Waals surface area contributed by atoms with Crippen LogP contribution in [0.1, 0.15) is 43.4 Å². The molecular weight excluding hydrogens is 260 g/mol. The standard InChI is InChI=1S/C19H19O2/c1-18-10-15(20)17-13-5-3-2-4-11(13)6-7-14(17)19(18)9-12(19)8-16(18)21/h3-7,12,15-16,20-21H,8-10H2,1H3/t12-,15+,16+,18-,19+/m1/s1. The lowest BCUT2D eigenvalue weighted by atomic mass is 9.60. The number of aliphatic hydroxyl groups is 2. The summed E-state index contributed by atoms with van der Waals surface area (Å²) < 4.78 is 0. The lowest BCUT2D eigenvalue weighted by Gasteiger charge is -2.45. The number of aliphatic hydroxyl groups excluding tert-OH is 2. The van der Waals surface area contributed by atoms with Gasteiger partial charge < -0.3 is 10.2 Å². The Balaban J connectivity index is 1.85. The predicted molar refractivity (Wildman–Crippen MR) is 80.9 cm³/mol. The molecule has 3 aliphatic carbocycles. The van der Waals surface area contributed by atoms with Crippen LogP contribution in [0.2, 0.25) is 0 Å². The molecule has 3 aliphatic rings. The Morgan fingerprint density at radius 2 is 2.05 bits per heavy atom. The van der Waals surface area contributed by atoms with E-state index < -0.39 is 6.10 Å². The third kappa shape index (κ3) is 1.19. The summed E-state index contributed by atoms with van der Waals surface area (Å²) in [4.78, 5) is 0. The first-order valence-electron chi connectivity index (χ1n) is 7.87. The summed E-state index contributed by atoms with van der Waals surface area (Å²) >= 11 is 0. The van der Waals surface area contributed by atoms with Gasteiger partial charge >= 0.3 is 0 Å². The van der Waals surface area contributed by atoms with Crippen molar-refractivity contribution in [3.05, 3.63) is 47.5 Å². The van der Waals surface area contributed by atoms with Crippen molar-refractivity contribution < 1.29 is 10.2 Å². The molecule has 107 valence electrons. The van der Waals surface area contributed by atoms with E-state index in [0.29, 0.717) is 12.3 Å². The summed E-state index contributed by atoms with van der Waals surface area (Å²) in [5.74, 6) is 0.594. The van der Waals surface area contributed by atoms with E-state index in [1.807, 2.05) is 12.1 Å². The quantitative estimate of drug-likeness (QED) is 0.778. The molecular formula is C19H19O2. The second-order valence-electron chi connectivity index (χ2n) is 7.44. The van der Waals surface area contributed by atoms with Gasteiger partial charge in [0.05, 0.1) is 12.2 Å². The fourth-order valence-corrected chi connectivity index (χ4v) is 5.58. The Hall–Kier alpha value is -1.38. The van der Waals surface area contributed by atoms with Crippen LogP contribution in [0.4, 0.5) is 0 Å². The first-order valence-corrected chi connectivity index (χ1v) is 7.87. The first-order chi connectivity index (χ1) is 10.1. The second kappa shape index (κ2) is 3.50. The average Bonchev–Trinajstić information content (AvgIpc) is 3.14. The number of rotatable bonds is 0. The molecule has 5 rings (SSSR count). The number of benzene rings is 2.